The Hall–Kier alpha value is -2.34. The number of rotatable bonds is 4. The van der Waals surface area contributed by atoms with Crippen molar-refractivity contribution in [2.45, 2.75) is 19.9 Å². The summed E-state index contributed by atoms with van der Waals surface area (Å²) in [4.78, 5) is 24.6. The first kappa shape index (κ1) is 16.5. The maximum atomic E-state index is 12.3. The summed E-state index contributed by atoms with van der Waals surface area (Å²) in [5.41, 5.74) is 3.38. The van der Waals surface area contributed by atoms with Crippen molar-refractivity contribution in [3.63, 3.8) is 0 Å². The average Bonchev–Trinajstić information content (AvgIpc) is 2.80. The van der Waals surface area contributed by atoms with Gasteiger partial charge in [0.15, 0.2) is 0 Å². The lowest BCUT2D eigenvalue weighted by molar-refractivity contribution is -0.116. The lowest BCUT2D eigenvalue weighted by Gasteiger charge is -2.09. The third kappa shape index (κ3) is 3.14. The summed E-state index contributed by atoms with van der Waals surface area (Å²) in [7, 11) is 1.74. The van der Waals surface area contributed by atoms with E-state index in [0.717, 1.165) is 26.8 Å². The zero-order valence-corrected chi connectivity index (χ0v) is 15.1. The van der Waals surface area contributed by atoms with Gasteiger partial charge in [0.2, 0.25) is 5.91 Å². The van der Waals surface area contributed by atoms with Gasteiger partial charge >= 0.3 is 5.69 Å². The third-order valence-corrected chi connectivity index (χ3v) is 4.57. The summed E-state index contributed by atoms with van der Waals surface area (Å²) in [6.07, 6.45) is 0.240. The molecule has 2 aromatic carbocycles. The van der Waals surface area contributed by atoms with Crippen LogP contribution in [0.1, 0.15) is 12.0 Å². The van der Waals surface area contributed by atoms with Crippen LogP contribution in [0.3, 0.4) is 0 Å². The quantitative estimate of drug-likeness (QED) is 0.745. The van der Waals surface area contributed by atoms with Crippen LogP contribution in [0.25, 0.3) is 11.0 Å². The summed E-state index contributed by atoms with van der Waals surface area (Å²) >= 11 is 3.40. The Kier molecular flexibility index (Phi) is 4.57. The van der Waals surface area contributed by atoms with Gasteiger partial charge in [0, 0.05) is 30.2 Å². The van der Waals surface area contributed by atoms with Gasteiger partial charge in [-0.3, -0.25) is 13.9 Å². The zero-order valence-electron chi connectivity index (χ0n) is 13.5. The molecular weight excluding hydrogens is 370 g/mol. The highest BCUT2D eigenvalue weighted by Crippen LogP contribution is 2.20. The van der Waals surface area contributed by atoms with E-state index >= 15 is 0 Å². The molecule has 1 aromatic heterocycles. The Labute approximate surface area is 148 Å². The van der Waals surface area contributed by atoms with Crippen molar-refractivity contribution in [2.75, 3.05) is 5.32 Å². The van der Waals surface area contributed by atoms with Crippen LogP contribution < -0.4 is 11.0 Å². The van der Waals surface area contributed by atoms with Gasteiger partial charge in [-0.25, -0.2) is 4.79 Å². The first-order chi connectivity index (χ1) is 11.5. The molecule has 124 valence electrons. The van der Waals surface area contributed by atoms with E-state index in [1.54, 1.807) is 16.2 Å². The first-order valence-electron chi connectivity index (χ1n) is 7.67. The molecule has 0 spiro atoms. The summed E-state index contributed by atoms with van der Waals surface area (Å²) in [5.74, 6) is -0.111. The number of amides is 1. The third-order valence-electron chi connectivity index (χ3n) is 4.08. The molecule has 0 unspecified atom stereocenters. The number of aromatic nitrogens is 2. The van der Waals surface area contributed by atoms with Gasteiger partial charge in [-0.15, -0.1) is 0 Å². The number of benzene rings is 2. The molecule has 0 aliphatic carbocycles. The Morgan fingerprint density at radius 3 is 2.58 bits per heavy atom. The van der Waals surface area contributed by atoms with Crippen molar-refractivity contribution < 1.29 is 4.79 Å². The molecule has 1 amide bonds. The lowest BCUT2D eigenvalue weighted by atomic mass is 10.2. The zero-order chi connectivity index (χ0) is 17.3. The van der Waals surface area contributed by atoms with Crippen LogP contribution in [0.2, 0.25) is 0 Å². The lowest BCUT2D eigenvalue weighted by Crippen LogP contribution is -2.24. The van der Waals surface area contributed by atoms with Crippen molar-refractivity contribution in [1.29, 1.82) is 0 Å². The molecule has 0 atom stereocenters. The van der Waals surface area contributed by atoms with E-state index in [4.69, 9.17) is 0 Å². The fourth-order valence-electron chi connectivity index (χ4n) is 2.77. The van der Waals surface area contributed by atoms with Gasteiger partial charge in [0.25, 0.3) is 0 Å². The number of para-hydroxylation sites is 2. The van der Waals surface area contributed by atoms with Gasteiger partial charge in [-0.1, -0.05) is 28.1 Å². The molecule has 0 radical (unpaired) electrons. The van der Waals surface area contributed by atoms with Crippen molar-refractivity contribution >= 4 is 38.6 Å². The summed E-state index contributed by atoms with van der Waals surface area (Å²) < 4.78 is 4.22. The van der Waals surface area contributed by atoms with Crippen LogP contribution in [-0.4, -0.2) is 15.0 Å². The number of anilines is 1. The minimum atomic E-state index is -0.111. The van der Waals surface area contributed by atoms with Gasteiger partial charge in [-0.2, -0.15) is 0 Å². The fourth-order valence-corrected chi connectivity index (χ4v) is 3.25. The van der Waals surface area contributed by atoms with Crippen LogP contribution in [0.5, 0.6) is 0 Å². The van der Waals surface area contributed by atoms with Crippen molar-refractivity contribution in [3.05, 3.63) is 63.0 Å². The standard InChI is InChI=1S/C18H18BrN3O2/c1-12-11-13(19)7-8-14(12)20-17(23)9-10-22-16-6-4-3-5-15(16)21(2)18(22)24/h3-8,11H,9-10H2,1-2H3,(H,20,23). The number of imidazole rings is 1. The van der Waals surface area contributed by atoms with Crippen molar-refractivity contribution in [1.82, 2.24) is 9.13 Å². The molecule has 0 saturated carbocycles. The van der Waals surface area contributed by atoms with Crippen LogP contribution in [0.15, 0.2) is 51.7 Å². The van der Waals surface area contributed by atoms with Gasteiger partial charge in [0.05, 0.1) is 11.0 Å². The summed E-state index contributed by atoms with van der Waals surface area (Å²) in [6, 6.07) is 13.3. The predicted molar refractivity (Wildman–Crippen MR) is 99.3 cm³/mol. The van der Waals surface area contributed by atoms with E-state index in [2.05, 4.69) is 21.2 Å². The molecule has 3 aromatic rings. The highest BCUT2D eigenvalue weighted by molar-refractivity contribution is 9.10. The molecule has 3 rings (SSSR count). The first-order valence-corrected chi connectivity index (χ1v) is 8.47. The maximum Gasteiger partial charge on any atom is 0.328 e. The largest absolute Gasteiger partial charge is 0.328 e. The van der Waals surface area contributed by atoms with Crippen LogP contribution >= 0.6 is 15.9 Å². The molecule has 5 nitrogen and oxygen atoms in total. The van der Waals surface area contributed by atoms with Gasteiger partial charge in [-0.05, 0) is 42.8 Å². The van der Waals surface area contributed by atoms with E-state index in [9.17, 15) is 9.59 Å². The topological polar surface area (TPSA) is 56.0 Å². The Morgan fingerprint density at radius 2 is 1.88 bits per heavy atom. The highest BCUT2D eigenvalue weighted by atomic mass is 79.9. The predicted octanol–water partition coefficient (Wildman–Crippen LogP) is 3.44. The average molecular weight is 388 g/mol. The van der Waals surface area contributed by atoms with E-state index in [1.165, 1.54) is 0 Å². The Bertz CT molecular complexity index is 972. The molecule has 1 heterocycles. The van der Waals surface area contributed by atoms with Crippen LogP contribution in [0, 0.1) is 6.92 Å². The van der Waals surface area contributed by atoms with Crippen molar-refractivity contribution in [3.8, 4) is 0 Å². The second-order valence-corrected chi connectivity index (χ2v) is 6.66. The second-order valence-electron chi connectivity index (χ2n) is 5.74. The number of halogens is 1. The molecule has 0 saturated heterocycles. The van der Waals surface area contributed by atoms with Crippen molar-refractivity contribution in [2.24, 2.45) is 7.05 Å². The number of hydrogen-bond acceptors (Lipinski definition) is 2. The SMILES string of the molecule is Cc1cc(Br)ccc1NC(=O)CCn1c(=O)n(C)c2ccccc21. The number of hydrogen-bond donors (Lipinski definition) is 1. The fraction of sp³-hybridized carbons (Fsp3) is 0.222. The van der Waals surface area contributed by atoms with Gasteiger partial charge in [0.1, 0.15) is 0 Å². The molecule has 0 fully saturated rings. The van der Waals surface area contributed by atoms with Gasteiger partial charge < -0.3 is 5.32 Å². The number of aryl methyl sites for hydroxylation is 3. The van der Waals surface area contributed by atoms with E-state index in [0.29, 0.717) is 6.54 Å². The van der Waals surface area contributed by atoms with E-state index in [-0.39, 0.29) is 18.0 Å². The van der Waals surface area contributed by atoms with Crippen LogP contribution in [-0.2, 0) is 18.4 Å². The monoisotopic (exact) mass is 387 g/mol. The number of nitrogens with zero attached hydrogens (tertiary/aromatic N) is 2. The number of carbonyl (C=O) groups excluding carboxylic acids is 1. The molecule has 1 N–H and O–H groups in total. The van der Waals surface area contributed by atoms with Crippen LogP contribution in [0.4, 0.5) is 5.69 Å². The Balaban J connectivity index is 1.75. The molecule has 0 bridgehead atoms. The number of nitrogens with one attached hydrogen (secondary N) is 1. The molecule has 0 aliphatic heterocycles. The minimum absolute atomic E-state index is 0.108. The maximum absolute atomic E-state index is 12.3. The molecular formula is C18H18BrN3O2. The summed E-state index contributed by atoms with van der Waals surface area (Å²) in [5, 5.41) is 2.90. The summed E-state index contributed by atoms with van der Waals surface area (Å²) in [6.45, 7) is 2.29. The molecule has 24 heavy (non-hydrogen) atoms. The highest BCUT2D eigenvalue weighted by Gasteiger charge is 2.12. The smallest absolute Gasteiger partial charge is 0.326 e. The second kappa shape index (κ2) is 6.65. The molecule has 0 aliphatic rings. The number of fused-ring (bicyclic) bond motifs is 1. The van der Waals surface area contributed by atoms with E-state index < -0.39 is 0 Å². The molecule has 6 heteroatoms. The number of carbonyl (C=O) groups is 1. The minimum Gasteiger partial charge on any atom is -0.326 e. The Morgan fingerprint density at radius 1 is 1.17 bits per heavy atom. The van der Waals surface area contributed by atoms with E-state index in [1.807, 2.05) is 49.4 Å². The normalized spacial score (nSPS) is 11.0.